The standard InChI is InChI=1S/C19H20IN5S/c20-19(22)25-10-8-24(9-11-25)13-16-6-3-7-23-18(16)26-14-17-5-2-1-4-15(17)12-21/h1-7,22H,8-11,13-14H2. The minimum atomic E-state index is 0.621. The molecular weight excluding hydrogens is 457 g/mol. The smallest absolute Gasteiger partial charge is 0.159 e. The molecule has 0 amide bonds. The van der Waals surface area contributed by atoms with Crippen LogP contribution in [0, 0.1) is 16.7 Å². The topological polar surface area (TPSA) is 67.0 Å². The van der Waals surface area contributed by atoms with Crippen LogP contribution < -0.4 is 0 Å². The summed E-state index contributed by atoms with van der Waals surface area (Å²) in [6, 6.07) is 14.1. The van der Waals surface area contributed by atoms with E-state index in [2.05, 4.69) is 49.5 Å². The summed E-state index contributed by atoms with van der Waals surface area (Å²) in [6.07, 6.45) is 1.83. The van der Waals surface area contributed by atoms with E-state index in [-0.39, 0.29) is 0 Å². The number of halogens is 1. The molecule has 0 radical (unpaired) electrons. The summed E-state index contributed by atoms with van der Waals surface area (Å²) in [6.45, 7) is 4.60. The lowest BCUT2D eigenvalue weighted by Crippen LogP contribution is -2.46. The molecule has 7 heteroatoms. The van der Waals surface area contributed by atoms with E-state index in [9.17, 15) is 5.26 Å². The number of rotatable bonds is 5. The third kappa shape index (κ3) is 4.96. The Kier molecular flexibility index (Phi) is 6.88. The first-order valence-corrected chi connectivity index (χ1v) is 10.5. The van der Waals surface area contributed by atoms with Gasteiger partial charge in [0.1, 0.15) is 5.03 Å². The molecule has 1 N–H and O–H groups in total. The molecule has 0 spiro atoms. The lowest BCUT2D eigenvalue weighted by atomic mass is 10.1. The van der Waals surface area contributed by atoms with E-state index in [1.807, 2.05) is 36.5 Å². The number of aromatic nitrogens is 1. The van der Waals surface area contributed by atoms with Gasteiger partial charge in [-0.1, -0.05) is 24.3 Å². The summed E-state index contributed by atoms with van der Waals surface area (Å²) >= 11 is 3.76. The molecule has 2 heterocycles. The highest BCUT2D eigenvalue weighted by Gasteiger charge is 2.19. The lowest BCUT2D eigenvalue weighted by molar-refractivity contribution is 0.176. The maximum Gasteiger partial charge on any atom is 0.159 e. The van der Waals surface area contributed by atoms with Gasteiger partial charge in [0.15, 0.2) is 3.84 Å². The van der Waals surface area contributed by atoms with Crippen LogP contribution in [0.25, 0.3) is 0 Å². The Morgan fingerprint density at radius 2 is 1.88 bits per heavy atom. The van der Waals surface area contributed by atoms with Crippen molar-refractivity contribution in [1.82, 2.24) is 14.8 Å². The van der Waals surface area contributed by atoms with Gasteiger partial charge in [0.25, 0.3) is 0 Å². The van der Waals surface area contributed by atoms with Crippen LogP contribution in [0.2, 0.25) is 0 Å². The van der Waals surface area contributed by atoms with Crippen LogP contribution in [0.3, 0.4) is 0 Å². The third-order valence-electron chi connectivity index (χ3n) is 4.40. The zero-order valence-corrected chi connectivity index (χ0v) is 17.3. The van der Waals surface area contributed by atoms with Crippen molar-refractivity contribution in [1.29, 1.82) is 10.7 Å². The predicted octanol–water partition coefficient (Wildman–Crippen LogP) is 3.73. The second kappa shape index (κ2) is 9.35. The molecule has 0 aliphatic carbocycles. The van der Waals surface area contributed by atoms with Gasteiger partial charge < -0.3 is 4.90 Å². The number of nitrogens with one attached hydrogen (secondary N) is 1. The fourth-order valence-corrected chi connectivity index (χ4v) is 4.40. The van der Waals surface area contributed by atoms with Crippen LogP contribution >= 0.6 is 34.4 Å². The molecule has 1 aliphatic heterocycles. The van der Waals surface area contributed by atoms with E-state index in [0.29, 0.717) is 3.84 Å². The third-order valence-corrected chi connectivity index (χ3v) is 6.17. The molecular formula is C19H20IN5S. The van der Waals surface area contributed by atoms with Crippen LogP contribution in [-0.2, 0) is 12.3 Å². The SMILES string of the molecule is N#Cc1ccccc1CSc1ncccc1CN1CCN(C(=N)I)CC1. The van der Waals surface area contributed by atoms with E-state index < -0.39 is 0 Å². The first kappa shape index (κ1) is 19.1. The first-order chi connectivity index (χ1) is 12.7. The molecule has 0 saturated carbocycles. The van der Waals surface area contributed by atoms with Gasteiger partial charge in [0.05, 0.1) is 11.6 Å². The van der Waals surface area contributed by atoms with Gasteiger partial charge in [0, 0.05) is 44.7 Å². The van der Waals surface area contributed by atoms with Crippen LogP contribution in [0.5, 0.6) is 0 Å². The Bertz CT molecular complexity index is 812. The van der Waals surface area contributed by atoms with Gasteiger partial charge in [-0.05, 0) is 45.9 Å². The number of benzene rings is 1. The van der Waals surface area contributed by atoms with Crippen molar-refractivity contribution >= 4 is 38.2 Å². The largest absolute Gasteiger partial charge is 0.349 e. The van der Waals surface area contributed by atoms with Crippen molar-refractivity contribution in [2.75, 3.05) is 26.2 Å². The number of pyridine rings is 1. The Morgan fingerprint density at radius 3 is 2.62 bits per heavy atom. The number of hydrogen-bond acceptors (Lipinski definition) is 5. The Labute approximate surface area is 172 Å². The first-order valence-electron chi connectivity index (χ1n) is 8.43. The maximum atomic E-state index is 9.25. The molecule has 134 valence electrons. The second-order valence-electron chi connectivity index (χ2n) is 6.08. The summed E-state index contributed by atoms with van der Waals surface area (Å²) in [5, 5.41) is 18.0. The summed E-state index contributed by atoms with van der Waals surface area (Å²) in [5.74, 6) is 0.744. The molecule has 3 rings (SSSR count). The Morgan fingerprint density at radius 1 is 1.15 bits per heavy atom. The van der Waals surface area contributed by atoms with Crippen LogP contribution in [0.15, 0.2) is 47.6 Å². The van der Waals surface area contributed by atoms with Gasteiger partial charge >= 0.3 is 0 Å². The number of hydrogen-bond donors (Lipinski definition) is 1. The van der Waals surface area contributed by atoms with Crippen molar-refractivity contribution in [2.24, 2.45) is 0 Å². The highest BCUT2D eigenvalue weighted by atomic mass is 127. The fourth-order valence-electron chi connectivity index (χ4n) is 2.92. The molecule has 0 atom stereocenters. The Balaban J connectivity index is 1.64. The molecule has 1 fully saturated rings. The van der Waals surface area contributed by atoms with Crippen molar-refractivity contribution in [2.45, 2.75) is 17.3 Å². The van der Waals surface area contributed by atoms with E-state index in [1.165, 1.54) is 5.56 Å². The predicted molar refractivity (Wildman–Crippen MR) is 114 cm³/mol. The highest BCUT2D eigenvalue weighted by molar-refractivity contribution is 14.1. The van der Waals surface area contributed by atoms with Crippen molar-refractivity contribution < 1.29 is 0 Å². The molecule has 1 aromatic heterocycles. The molecule has 1 aromatic carbocycles. The van der Waals surface area contributed by atoms with Gasteiger partial charge in [-0.3, -0.25) is 10.3 Å². The van der Waals surface area contributed by atoms with Gasteiger partial charge in [-0.2, -0.15) is 5.26 Å². The van der Waals surface area contributed by atoms with Crippen LogP contribution in [0.4, 0.5) is 0 Å². The number of nitrogens with zero attached hydrogens (tertiary/aromatic N) is 4. The van der Waals surface area contributed by atoms with Gasteiger partial charge in [-0.15, -0.1) is 11.8 Å². The monoisotopic (exact) mass is 477 g/mol. The van der Waals surface area contributed by atoms with Gasteiger partial charge in [0.2, 0.25) is 0 Å². The zero-order chi connectivity index (χ0) is 18.4. The normalized spacial score (nSPS) is 14.8. The van der Waals surface area contributed by atoms with E-state index in [1.54, 1.807) is 11.8 Å². The fraction of sp³-hybridized carbons (Fsp3) is 0.316. The zero-order valence-electron chi connectivity index (χ0n) is 14.4. The Hall–Kier alpha value is -1.63. The van der Waals surface area contributed by atoms with Crippen molar-refractivity contribution in [3.05, 3.63) is 59.3 Å². The number of piperazine rings is 1. The van der Waals surface area contributed by atoms with Crippen molar-refractivity contribution in [3.8, 4) is 6.07 Å². The lowest BCUT2D eigenvalue weighted by Gasteiger charge is -2.34. The molecule has 26 heavy (non-hydrogen) atoms. The summed E-state index contributed by atoms with van der Waals surface area (Å²) in [7, 11) is 0. The van der Waals surface area contributed by atoms with Crippen molar-refractivity contribution in [3.63, 3.8) is 0 Å². The van der Waals surface area contributed by atoms with Crippen LogP contribution in [-0.4, -0.2) is 44.8 Å². The molecule has 1 aliphatic rings. The molecule has 1 saturated heterocycles. The average Bonchev–Trinajstić information content (AvgIpc) is 2.68. The molecule has 2 aromatic rings. The maximum absolute atomic E-state index is 9.25. The highest BCUT2D eigenvalue weighted by Crippen LogP contribution is 2.26. The van der Waals surface area contributed by atoms with Gasteiger partial charge in [-0.25, -0.2) is 4.98 Å². The minimum Gasteiger partial charge on any atom is -0.349 e. The summed E-state index contributed by atoms with van der Waals surface area (Å²) in [4.78, 5) is 9.09. The second-order valence-corrected chi connectivity index (χ2v) is 8.07. The number of amidine groups is 1. The van der Waals surface area contributed by atoms with E-state index in [0.717, 1.165) is 54.6 Å². The minimum absolute atomic E-state index is 0.621. The quantitative estimate of drug-likeness (QED) is 0.234. The number of thioether (sulfide) groups is 1. The summed E-state index contributed by atoms with van der Waals surface area (Å²) in [5.41, 5.74) is 3.01. The average molecular weight is 477 g/mol. The molecule has 5 nitrogen and oxygen atoms in total. The van der Waals surface area contributed by atoms with E-state index in [4.69, 9.17) is 5.41 Å². The number of nitriles is 1. The molecule has 0 bridgehead atoms. The van der Waals surface area contributed by atoms with E-state index >= 15 is 0 Å². The van der Waals surface area contributed by atoms with Crippen LogP contribution in [0.1, 0.15) is 16.7 Å². The molecule has 0 unspecified atom stereocenters. The summed E-state index contributed by atoms with van der Waals surface area (Å²) < 4.78 is 0.621.